The van der Waals surface area contributed by atoms with Crippen molar-refractivity contribution in [3.8, 4) is 0 Å². The molecule has 0 spiro atoms. The molecule has 0 unspecified atom stereocenters. The smallest absolute Gasteiger partial charge is 0.353 e. The molecule has 1 aliphatic heterocycles. The van der Waals surface area contributed by atoms with Crippen LogP contribution in [0.4, 0.5) is 36.4 Å². The third kappa shape index (κ3) is 4.59. The molecule has 10 heteroatoms. The summed E-state index contributed by atoms with van der Waals surface area (Å²) in [5.74, 6) is 1.63. The van der Waals surface area contributed by atoms with Crippen molar-refractivity contribution in [3.05, 3.63) is 65.5 Å². The normalized spacial score (nSPS) is 13.8. The van der Waals surface area contributed by atoms with E-state index in [4.69, 9.17) is 0 Å². The summed E-state index contributed by atoms with van der Waals surface area (Å²) in [7, 11) is 1.85. The average molecular weight is 443 g/mol. The lowest BCUT2D eigenvalue weighted by Crippen LogP contribution is -2.29. The van der Waals surface area contributed by atoms with Crippen LogP contribution >= 0.6 is 0 Å². The maximum Gasteiger partial charge on any atom is 0.433 e. The molecule has 0 fully saturated rings. The van der Waals surface area contributed by atoms with Gasteiger partial charge in [-0.25, -0.2) is 10.4 Å². The van der Waals surface area contributed by atoms with Crippen LogP contribution in [-0.2, 0) is 18.1 Å². The van der Waals surface area contributed by atoms with Gasteiger partial charge in [-0.15, -0.1) is 0 Å². The molecule has 0 saturated carbocycles. The molecule has 2 aromatic heterocycles. The van der Waals surface area contributed by atoms with Crippen LogP contribution in [-0.4, -0.2) is 28.5 Å². The van der Waals surface area contributed by atoms with Gasteiger partial charge in [0, 0.05) is 25.6 Å². The van der Waals surface area contributed by atoms with Gasteiger partial charge in [-0.3, -0.25) is 5.01 Å². The number of alkyl halides is 3. The largest absolute Gasteiger partial charge is 0.433 e. The predicted molar refractivity (Wildman–Crippen MR) is 118 cm³/mol. The molecular weight excluding hydrogens is 419 g/mol. The fourth-order valence-electron chi connectivity index (χ4n) is 3.43. The van der Waals surface area contributed by atoms with Crippen molar-refractivity contribution in [2.45, 2.75) is 32.0 Å². The van der Waals surface area contributed by atoms with Gasteiger partial charge in [0.25, 0.3) is 0 Å². The Morgan fingerprint density at radius 1 is 1.06 bits per heavy atom. The minimum atomic E-state index is -4.48. The van der Waals surface area contributed by atoms with Crippen LogP contribution in [0.1, 0.15) is 30.7 Å². The van der Waals surface area contributed by atoms with Gasteiger partial charge in [-0.05, 0) is 17.7 Å². The maximum absolute atomic E-state index is 12.8. The van der Waals surface area contributed by atoms with Crippen LogP contribution in [0.2, 0.25) is 0 Å². The van der Waals surface area contributed by atoms with E-state index < -0.39 is 11.9 Å². The fraction of sp³-hybridized carbons (Fsp3) is 0.318. The first-order chi connectivity index (χ1) is 15.1. The van der Waals surface area contributed by atoms with Crippen LogP contribution in [0.5, 0.6) is 0 Å². The summed E-state index contributed by atoms with van der Waals surface area (Å²) in [6.45, 7) is 5.35. The lowest BCUT2D eigenvalue weighted by Gasteiger charge is -2.26. The third-order valence-corrected chi connectivity index (χ3v) is 5.36. The number of nitrogens with zero attached hydrogens (tertiary/aromatic N) is 4. The van der Waals surface area contributed by atoms with Gasteiger partial charge in [0.1, 0.15) is 11.5 Å². The Bertz CT molecular complexity index is 1080. The summed E-state index contributed by atoms with van der Waals surface area (Å²) < 4.78 is 38.4. The van der Waals surface area contributed by atoms with E-state index in [2.05, 4.69) is 57.0 Å². The summed E-state index contributed by atoms with van der Waals surface area (Å²) >= 11 is 0. The Morgan fingerprint density at radius 2 is 1.81 bits per heavy atom. The van der Waals surface area contributed by atoms with E-state index in [9.17, 15) is 13.2 Å². The highest BCUT2D eigenvalue weighted by Crippen LogP contribution is 2.32. The standard InChI is InChI=1S/C22H24F3N7/c1-21(2,14-7-5-4-6-8-14)13-27-20-30-18(16-12-28-32(3)19(16)31-20)29-15-9-10-17(26-11-15)22(23,24)25/h4-11,28H,12-13H2,1-3H3,(H2,27,29,30,31). The zero-order valence-electron chi connectivity index (χ0n) is 18.0. The van der Waals surface area contributed by atoms with Crippen molar-refractivity contribution in [3.63, 3.8) is 0 Å². The fourth-order valence-corrected chi connectivity index (χ4v) is 3.43. The van der Waals surface area contributed by atoms with Crippen LogP contribution in [0.3, 0.4) is 0 Å². The van der Waals surface area contributed by atoms with Crippen molar-refractivity contribution in [2.75, 3.05) is 29.2 Å². The summed E-state index contributed by atoms with van der Waals surface area (Å²) in [5, 5.41) is 8.19. The Morgan fingerprint density at radius 3 is 2.47 bits per heavy atom. The molecule has 0 bridgehead atoms. The Balaban J connectivity index is 1.58. The zero-order valence-corrected chi connectivity index (χ0v) is 18.0. The van der Waals surface area contributed by atoms with Crippen molar-refractivity contribution < 1.29 is 13.2 Å². The van der Waals surface area contributed by atoms with Gasteiger partial charge in [-0.2, -0.15) is 23.1 Å². The molecule has 4 rings (SSSR count). The van der Waals surface area contributed by atoms with E-state index in [1.165, 1.54) is 11.6 Å². The molecule has 0 saturated heterocycles. The molecule has 3 heterocycles. The first-order valence-corrected chi connectivity index (χ1v) is 10.1. The second-order valence-corrected chi connectivity index (χ2v) is 8.25. The molecule has 0 amide bonds. The van der Waals surface area contributed by atoms with Gasteiger partial charge in [0.15, 0.2) is 5.82 Å². The van der Waals surface area contributed by atoms with Crippen LogP contribution in [0.25, 0.3) is 0 Å². The van der Waals surface area contributed by atoms with E-state index in [0.717, 1.165) is 17.8 Å². The average Bonchev–Trinajstić information content (AvgIpc) is 3.14. The molecule has 1 aliphatic rings. The van der Waals surface area contributed by atoms with E-state index in [1.807, 2.05) is 25.2 Å². The number of halogens is 3. The van der Waals surface area contributed by atoms with Crippen LogP contribution in [0.15, 0.2) is 48.7 Å². The maximum atomic E-state index is 12.8. The Labute approximate surface area is 184 Å². The molecule has 1 aromatic carbocycles. The second-order valence-electron chi connectivity index (χ2n) is 8.25. The van der Waals surface area contributed by atoms with Crippen molar-refractivity contribution in [2.24, 2.45) is 0 Å². The van der Waals surface area contributed by atoms with E-state index in [0.29, 0.717) is 36.4 Å². The number of pyridine rings is 1. The number of aromatic nitrogens is 3. The molecule has 0 aliphatic carbocycles. The second kappa shape index (κ2) is 8.27. The summed E-state index contributed by atoms with van der Waals surface area (Å²) in [5.41, 5.74) is 4.46. The SMILES string of the molecule is CN1NCc2c(Nc3ccc(C(F)(F)F)nc3)nc(NCC(C)(C)c3ccccc3)nc21. The number of fused-ring (bicyclic) bond motifs is 1. The predicted octanol–water partition coefficient (Wildman–Crippen LogP) is 4.48. The number of rotatable bonds is 6. The number of benzene rings is 1. The summed E-state index contributed by atoms with van der Waals surface area (Å²) in [6.07, 6.45) is -3.33. The minimum Gasteiger partial charge on any atom is -0.353 e. The Hall–Kier alpha value is -3.40. The molecule has 3 N–H and O–H groups in total. The zero-order chi connectivity index (χ0) is 22.9. The summed E-state index contributed by atoms with van der Waals surface area (Å²) in [4.78, 5) is 12.7. The number of hydrazine groups is 1. The minimum absolute atomic E-state index is 0.168. The van der Waals surface area contributed by atoms with Crippen molar-refractivity contribution in [1.29, 1.82) is 0 Å². The quantitative estimate of drug-likeness (QED) is 0.519. The molecule has 32 heavy (non-hydrogen) atoms. The lowest BCUT2D eigenvalue weighted by molar-refractivity contribution is -0.141. The first-order valence-electron chi connectivity index (χ1n) is 10.1. The monoisotopic (exact) mass is 443 g/mol. The van der Waals surface area contributed by atoms with Crippen LogP contribution in [0, 0.1) is 0 Å². The van der Waals surface area contributed by atoms with Crippen molar-refractivity contribution in [1.82, 2.24) is 20.4 Å². The van der Waals surface area contributed by atoms with E-state index in [-0.39, 0.29) is 5.41 Å². The molecule has 3 aromatic rings. The molecule has 7 nitrogen and oxygen atoms in total. The number of nitrogens with one attached hydrogen (secondary N) is 3. The van der Waals surface area contributed by atoms with Crippen molar-refractivity contribution >= 4 is 23.3 Å². The molecule has 168 valence electrons. The molecule has 0 radical (unpaired) electrons. The van der Waals surface area contributed by atoms with Gasteiger partial charge in [0.2, 0.25) is 5.95 Å². The summed E-state index contributed by atoms with van der Waals surface area (Å²) in [6, 6.07) is 12.4. The Kier molecular flexibility index (Phi) is 5.64. The van der Waals surface area contributed by atoms with Crippen LogP contribution < -0.4 is 21.1 Å². The highest BCUT2D eigenvalue weighted by Gasteiger charge is 2.32. The highest BCUT2D eigenvalue weighted by molar-refractivity contribution is 5.68. The van der Waals surface area contributed by atoms with Gasteiger partial charge >= 0.3 is 6.18 Å². The lowest BCUT2D eigenvalue weighted by atomic mass is 9.85. The van der Waals surface area contributed by atoms with Gasteiger partial charge in [-0.1, -0.05) is 44.2 Å². The number of hydrogen-bond donors (Lipinski definition) is 3. The van der Waals surface area contributed by atoms with E-state index >= 15 is 0 Å². The highest BCUT2D eigenvalue weighted by atomic mass is 19.4. The van der Waals surface area contributed by atoms with Gasteiger partial charge in [0.05, 0.1) is 17.4 Å². The number of hydrogen-bond acceptors (Lipinski definition) is 7. The number of anilines is 4. The van der Waals surface area contributed by atoms with Gasteiger partial charge < -0.3 is 10.6 Å². The molecule has 0 atom stereocenters. The van der Waals surface area contributed by atoms with E-state index in [1.54, 1.807) is 5.01 Å². The topological polar surface area (TPSA) is 78.0 Å². The molecular formula is C22H24F3N7. The first kappa shape index (κ1) is 21.8. The third-order valence-electron chi connectivity index (χ3n) is 5.36.